The molecule has 2 rings (SSSR count). The summed E-state index contributed by atoms with van der Waals surface area (Å²) in [5.74, 6) is 0.548. The van der Waals surface area contributed by atoms with Crippen LogP contribution in [0.2, 0.25) is 0 Å². The van der Waals surface area contributed by atoms with E-state index < -0.39 is 0 Å². The Morgan fingerprint density at radius 3 is 2.65 bits per heavy atom. The van der Waals surface area contributed by atoms with Crippen molar-refractivity contribution in [1.29, 1.82) is 10.5 Å². The van der Waals surface area contributed by atoms with Crippen LogP contribution in [-0.4, -0.2) is 4.98 Å². The second-order valence-electron chi connectivity index (χ2n) is 3.32. The van der Waals surface area contributed by atoms with Crippen LogP contribution >= 0.6 is 0 Å². The Kier molecular flexibility index (Phi) is 3.00. The normalized spacial score (nSPS) is 9.06. The maximum Gasteiger partial charge on any atom is 0.131 e. The molecule has 0 radical (unpaired) electrons. The van der Waals surface area contributed by atoms with Crippen LogP contribution in [0.1, 0.15) is 11.1 Å². The predicted molar refractivity (Wildman–Crippen MR) is 63.4 cm³/mol. The number of anilines is 2. The lowest BCUT2D eigenvalue weighted by Crippen LogP contribution is -1.96. The molecule has 17 heavy (non-hydrogen) atoms. The fourth-order valence-corrected chi connectivity index (χ4v) is 1.40. The topological polar surface area (TPSA) is 72.5 Å². The summed E-state index contributed by atoms with van der Waals surface area (Å²) in [7, 11) is 0. The number of pyridine rings is 1. The Balaban J connectivity index is 2.32. The molecule has 0 spiro atoms. The number of benzene rings is 1. The van der Waals surface area contributed by atoms with E-state index in [0.29, 0.717) is 22.6 Å². The summed E-state index contributed by atoms with van der Waals surface area (Å²) >= 11 is 0. The first-order valence-corrected chi connectivity index (χ1v) is 4.96. The van der Waals surface area contributed by atoms with Crippen molar-refractivity contribution in [3.05, 3.63) is 53.7 Å². The zero-order valence-corrected chi connectivity index (χ0v) is 8.88. The Hall–Kier alpha value is -2.85. The molecule has 1 aromatic heterocycles. The smallest absolute Gasteiger partial charge is 0.131 e. The third kappa shape index (κ3) is 2.39. The number of para-hydroxylation sites is 1. The molecule has 80 valence electrons. The molecular formula is C13H8N4. The molecule has 0 fully saturated rings. The van der Waals surface area contributed by atoms with Crippen LogP contribution in [0, 0.1) is 22.7 Å². The van der Waals surface area contributed by atoms with Crippen LogP contribution in [0.5, 0.6) is 0 Å². The average molecular weight is 220 g/mol. The molecule has 4 nitrogen and oxygen atoms in total. The van der Waals surface area contributed by atoms with Crippen molar-refractivity contribution in [3.8, 4) is 12.1 Å². The fraction of sp³-hybridized carbons (Fsp3) is 0. The van der Waals surface area contributed by atoms with Crippen LogP contribution in [0.25, 0.3) is 0 Å². The molecule has 0 aliphatic heterocycles. The molecule has 0 saturated heterocycles. The predicted octanol–water partition coefficient (Wildman–Crippen LogP) is 2.57. The monoisotopic (exact) mass is 220 g/mol. The minimum atomic E-state index is 0.525. The van der Waals surface area contributed by atoms with Crippen molar-refractivity contribution in [2.24, 2.45) is 0 Å². The highest BCUT2D eigenvalue weighted by Crippen LogP contribution is 2.18. The lowest BCUT2D eigenvalue weighted by molar-refractivity contribution is 1.29. The van der Waals surface area contributed by atoms with Crippen LogP contribution in [0.3, 0.4) is 0 Å². The third-order valence-corrected chi connectivity index (χ3v) is 2.20. The Labute approximate surface area is 98.8 Å². The second kappa shape index (κ2) is 4.78. The summed E-state index contributed by atoms with van der Waals surface area (Å²) < 4.78 is 0. The minimum Gasteiger partial charge on any atom is -0.339 e. The molecule has 0 amide bonds. The first-order chi connectivity index (χ1) is 8.33. The van der Waals surface area contributed by atoms with Crippen molar-refractivity contribution >= 4 is 11.5 Å². The molecule has 0 atom stereocenters. The van der Waals surface area contributed by atoms with E-state index in [1.807, 2.05) is 12.1 Å². The first kappa shape index (κ1) is 10.7. The van der Waals surface area contributed by atoms with Crippen LogP contribution in [0.15, 0.2) is 42.6 Å². The summed E-state index contributed by atoms with van der Waals surface area (Å²) in [6, 6.07) is 14.5. The van der Waals surface area contributed by atoms with E-state index in [-0.39, 0.29) is 0 Å². The van der Waals surface area contributed by atoms with E-state index in [0.717, 1.165) is 0 Å². The number of aromatic nitrogens is 1. The summed E-state index contributed by atoms with van der Waals surface area (Å²) in [6.45, 7) is 0. The zero-order chi connectivity index (χ0) is 12.1. The van der Waals surface area contributed by atoms with Crippen molar-refractivity contribution in [2.45, 2.75) is 0 Å². The summed E-state index contributed by atoms with van der Waals surface area (Å²) in [6.07, 6.45) is 1.55. The average Bonchev–Trinajstić information content (AvgIpc) is 2.39. The Morgan fingerprint density at radius 2 is 1.88 bits per heavy atom. The van der Waals surface area contributed by atoms with E-state index in [1.165, 1.54) is 0 Å². The summed E-state index contributed by atoms with van der Waals surface area (Å²) in [5.41, 5.74) is 1.74. The molecule has 1 aromatic carbocycles. The molecule has 0 unspecified atom stereocenters. The number of hydrogen-bond donors (Lipinski definition) is 1. The van der Waals surface area contributed by atoms with Gasteiger partial charge in [0.1, 0.15) is 11.9 Å². The highest BCUT2D eigenvalue weighted by Gasteiger charge is 2.02. The van der Waals surface area contributed by atoms with Gasteiger partial charge in [-0.1, -0.05) is 12.1 Å². The van der Waals surface area contributed by atoms with E-state index in [1.54, 1.807) is 36.5 Å². The highest BCUT2D eigenvalue weighted by atomic mass is 15.0. The standard InChI is InChI=1S/C13H8N4/c14-8-10-5-6-16-13(7-10)17-12-4-2-1-3-11(12)9-15/h1-7H,(H,16,17). The molecule has 0 aliphatic rings. The van der Waals surface area contributed by atoms with Gasteiger partial charge < -0.3 is 5.32 Å². The molecular weight excluding hydrogens is 212 g/mol. The van der Waals surface area contributed by atoms with Gasteiger partial charge in [-0.2, -0.15) is 10.5 Å². The molecule has 2 aromatic rings. The minimum absolute atomic E-state index is 0.525. The van der Waals surface area contributed by atoms with E-state index in [2.05, 4.69) is 16.4 Å². The summed E-state index contributed by atoms with van der Waals surface area (Å²) in [5, 5.41) is 20.7. The van der Waals surface area contributed by atoms with Gasteiger partial charge in [-0.15, -0.1) is 0 Å². The van der Waals surface area contributed by atoms with Gasteiger partial charge in [0.25, 0.3) is 0 Å². The van der Waals surface area contributed by atoms with Crippen molar-refractivity contribution in [1.82, 2.24) is 4.98 Å². The van der Waals surface area contributed by atoms with Crippen molar-refractivity contribution in [2.75, 3.05) is 5.32 Å². The lowest BCUT2D eigenvalue weighted by Gasteiger charge is -2.06. The van der Waals surface area contributed by atoms with E-state index >= 15 is 0 Å². The van der Waals surface area contributed by atoms with Gasteiger partial charge in [0.05, 0.1) is 22.9 Å². The summed E-state index contributed by atoms with van der Waals surface area (Å²) in [4.78, 5) is 4.09. The van der Waals surface area contributed by atoms with Crippen molar-refractivity contribution in [3.63, 3.8) is 0 Å². The first-order valence-electron chi connectivity index (χ1n) is 4.96. The molecule has 0 saturated carbocycles. The number of rotatable bonds is 2. The van der Waals surface area contributed by atoms with Gasteiger partial charge in [0.15, 0.2) is 0 Å². The largest absolute Gasteiger partial charge is 0.339 e. The van der Waals surface area contributed by atoms with Gasteiger partial charge in [-0.25, -0.2) is 4.98 Å². The quantitative estimate of drug-likeness (QED) is 0.844. The van der Waals surface area contributed by atoms with Crippen LogP contribution in [0.4, 0.5) is 11.5 Å². The fourth-order valence-electron chi connectivity index (χ4n) is 1.40. The van der Waals surface area contributed by atoms with Gasteiger partial charge >= 0.3 is 0 Å². The highest BCUT2D eigenvalue weighted by molar-refractivity contribution is 5.64. The van der Waals surface area contributed by atoms with Crippen LogP contribution in [-0.2, 0) is 0 Å². The molecule has 1 N–H and O–H groups in total. The Bertz CT molecular complexity index is 620. The SMILES string of the molecule is N#Cc1ccnc(Nc2ccccc2C#N)c1. The maximum absolute atomic E-state index is 8.93. The van der Waals surface area contributed by atoms with Gasteiger partial charge in [-0.3, -0.25) is 0 Å². The number of nitrogens with one attached hydrogen (secondary N) is 1. The van der Waals surface area contributed by atoms with Gasteiger partial charge in [0.2, 0.25) is 0 Å². The van der Waals surface area contributed by atoms with E-state index in [4.69, 9.17) is 10.5 Å². The molecule has 0 bridgehead atoms. The van der Waals surface area contributed by atoms with E-state index in [9.17, 15) is 0 Å². The Morgan fingerprint density at radius 1 is 1.06 bits per heavy atom. The lowest BCUT2D eigenvalue weighted by atomic mass is 10.2. The number of nitrogens with zero attached hydrogens (tertiary/aromatic N) is 3. The third-order valence-electron chi connectivity index (χ3n) is 2.20. The second-order valence-corrected chi connectivity index (χ2v) is 3.32. The molecule has 1 heterocycles. The zero-order valence-electron chi connectivity index (χ0n) is 8.88. The molecule has 4 heteroatoms. The molecule has 0 aliphatic carbocycles. The maximum atomic E-state index is 8.93. The van der Waals surface area contributed by atoms with Gasteiger partial charge in [-0.05, 0) is 24.3 Å². The van der Waals surface area contributed by atoms with Crippen LogP contribution < -0.4 is 5.32 Å². The van der Waals surface area contributed by atoms with Gasteiger partial charge in [0, 0.05) is 6.20 Å². The number of hydrogen-bond acceptors (Lipinski definition) is 4. The number of nitriles is 2. The van der Waals surface area contributed by atoms with Crippen molar-refractivity contribution < 1.29 is 0 Å².